The van der Waals surface area contributed by atoms with Gasteiger partial charge in [-0.15, -0.1) is 0 Å². The van der Waals surface area contributed by atoms with Crippen LogP contribution in [0.2, 0.25) is 0 Å². The van der Waals surface area contributed by atoms with Gasteiger partial charge in [0.15, 0.2) is 0 Å². The number of aliphatic hydroxyl groups is 2. The lowest BCUT2D eigenvalue weighted by Crippen LogP contribution is -2.16. The summed E-state index contributed by atoms with van der Waals surface area (Å²) in [7, 11) is 0. The van der Waals surface area contributed by atoms with Crippen molar-refractivity contribution >= 4 is 0 Å². The second kappa shape index (κ2) is 61.1. The van der Waals surface area contributed by atoms with Crippen molar-refractivity contribution < 1.29 is 105 Å². The second-order valence-corrected chi connectivity index (χ2v) is 12.4. The van der Waals surface area contributed by atoms with E-state index < -0.39 is 0 Å². The Kier molecular flexibility index (Phi) is 60.3. The lowest BCUT2D eigenvalue weighted by Gasteiger charge is -2.09. The average Bonchev–Trinajstić information content (AvgIpc) is 3.29. The van der Waals surface area contributed by atoms with Crippen LogP contribution in [0.25, 0.3) is 0 Å². The Hall–Kier alpha value is -0.880. The summed E-state index contributed by atoms with van der Waals surface area (Å²) in [5.74, 6) is 0. The molecule has 0 saturated carbocycles. The first-order valence-electron chi connectivity index (χ1n) is 22.2. The van der Waals surface area contributed by atoms with Gasteiger partial charge in [0.25, 0.3) is 0 Å². The van der Waals surface area contributed by atoms with Crippen LogP contribution < -0.4 is 0 Å². The molecular weight excluding hydrogens is 844 g/mol. The summed E-state index contributed by atoms with van der Waals surface area (Å²) in [6.45, 7) is 18.2. The molecule has 0 aliphatic rings. The van der Waals surface area contributed by atoms with Gasteiger partial charge < -0.3 is 105 Å². The normalized spacial score (nSPS) is 11.7. The molecule has 22 nitrogen and oxygen atoms in total. The van der Waals surface area contributed by atoms with E-state index in [0.29, 0.717) is 251 Å². The third-order valence-electron chi connectivity index (χ3n) is 7.33. The van der Waals surface area contributed by atoms with Gasteiger partial charge in [-0.1, -0.05) is 0 Å². The molecule has 0 rings (SSSR count). The molecule has 22 heteroatoms. The molecule has 0 aromatic heterocycles. The minimum atomic E-state index is 0.0186. The Labute approximate surface area is 375 Å². The number of aliphatic hydroxyl groups excluding tert-OH is 2. The van der Waals surface area contributed by atoms with Crippen molar-refractivity contribution in [2.24, 2.45) is 0 Å². The monoisotopic (exact) mass is 929 g/mol. The fourth-order valence-electron chi connectivity index (χ4n) is 4.26. The molecule has 0 aliphatic carbocycles. The highest BCUT2D eigenvalue weighted by molar-refractivity contribution is 4.41. The highest BCUT2D eigenvalue weighted by Gasteiger charge is 1.99. The van der Waals surface area contributed by atoms with E-state index in [-0.39, 0.29) is 20.0 Å². The van der Waals surface area contributed by atoms with Crippen LogP contribution in [0.15, 0.2) is 0 Å². The maximum absolute atomic E-state index is 8.60. The van der Waals surface area contributed by atoms with Gasteiger partial charge in [-0.3, -0.25) is 0 Å². The van der Waals surface area contributed by atoms with Gasteiger partial charge >= 0.3 is 0 Å². The van der Waals surface area contributed by atoms with Crippen molar-refractivity contribution in [1.29, 1.82) is 0 Å². The van der Waals surface area contributed by atoms with Crippen molar-refractivity contribution in [3.05, 3.63) is 0 Å². The molecule has 2 N–H and O–H groups in total. The SMILES string of the molecule is OCCOCCOCCOCCOCCOCCOCCOCCOCCOCCOCOCCOCCOCCOCCOCCOCCOCCOCCOCCOCCO. The fraction of sp³-hybridized carbons (Fsp3) is 1.00. The molecule has 0 heterocycles. The second-order valence-electron chi connectivity index (χ2n) is 12.4. The van der Waals surface area contributed by atoms with Gasteiger partial charge in [-0.05, 0) is 0 Å². The fourth-order valence-corrected chi connectivity index (χ4v) is 4.26. The van der Waals surface area contributed by atoms with Crippen molar-refractivity contribution in [3.8, 4) is 0 Å². The van der Waals surface area contributed by atoms with Crippen LogP contribution in [0.1, 0.15) is 0 Å². The van der Waals surface area contributed by atoms with Gasteiger partial charge in [-0.2, -0.15) is 0 Å². The maximum atomic E-state index is 8.60. The van der Waals surface area contributed by atoms with Crippen LogP contribution in [0.5, 0.6) is 0 Å². The van der Waals surface area contributed by atoms with Crippen molar-refractivity contribution in [2.45, 2.75) is 0 Å². The minimum Gasteiger partial charge on any atom is -0.394 e. The smallest absolute Gasteiger partial charge is 0.146 e. The standard InChI is InChI=1S/C41H84O22/c42-1-3-44-5-7-46-9-11-48-13-15-50-17-19-52-21-23-54-25-27-56-29-31-58-33-35-60-37-39-62-41-63-40-38-61-36-34-59-32-30-57-28-26-55-24-22-53-20-18-51-16-14-49-12-10-47-8-6-45-4-2-43/h42-43H,1-41H2. The number of ether oxygens (including phenoxy) is 20. The van der Waals surface area contributed by atoms with Crippen LogP contribution in [-0.4, -0.2) is 281 Å². The first-order valence-corrected chi connectivity index (χ1v) is 22.2. The first kappa shape index (κ1) is 62.1. The van der Waals surface area contributed by atoms with E-state index in [2.05, 4.69) is 0 Å². The summed E-state index contributed by atoms with van der Waals surface area (Å²) in [6, 6.07) is 0. The van der Waals surface area contributed by atoms with Crippen molar-refractivity contribution in [3.63, 3.8) is 0 Å². The Bertz CT molecular complexity index is 722. The Morgan fingerprint density at radius 3 is 0.333 bits per heavy atom. The largest absolute Gasteiger partial charge is 0.394 e. The van der Waals surface area contributed by atoms with Crippen LogP contribution in [-0.2, 0) is 94.7 Å². The van der Waals surface area contributed by atoms with Crippen molar-refractivity contribution in [2.75, 3.05) is 271 Å². The molecule has 0 bridgehead atoms. The predicted molar refractivity (Wildman–Crippen MR) is 226 cm³/mol. The Morgan fingerprint density at radius 2 is 0.222 bits per heavy atom. The Balaban J connectivity index is 3.06. The van der Waals surface area contributed by atoms with Gasteiger partial charge in [0.1, 0.15) is 6.79 Å². The molecule has 0 spiro atoms. The molecule has 0 amide bonds. The van der Waals surface area contributed by atoms with Crippen LogP contribution >= 0.6 is 0 Å². The third-order valence-corrected chi connectivity index (χ3v) is 7.33. The summed E-state index contributed by atoms with van der Waals surface area (Å²) in [5.41, 5.74) is 0. The van der Waals surface area contributed by atoms with Crippen LogP contribution in [0, 0.1) is 0 Å². The van der Waals surface area contributed by atoms with E-state index in [1.165, 1.54) is 0 Å². The first-order chi connectivity index (χ1) is 31.4. The molecule has 63 heavy (non-hydrogen) atoms. The van der Waals surface area contributed by atoms with Crippen molar-refractivity contribution in [1.82, 2.24) is 0 Å². The number of rotatable bonds is 60. The van der Waals surface area contributed by atoms with E-state index in [1.807, 2.05) is 0 Å². The quantitative estimate of drug-likeness (QED) is 0.0566. The molecule has 0 aromatic carbocycles. The zero-order chi connectivity index (χ0) is 45.1. The molecule has 0 atom stereocenters. The van der Waals surface area contributed by atoms with E-state index in [1.54, 1.807) is 0 Å². The molecule has 0 fully saturated rings. The lowest BCUT2D eigenvalue weighted by atomic mass is 10.6. The van der Waals surface area contributed by atoms with Gasteiger partial charge in [-0.25, -0.2) is 0 Å². The van der Waals surface area contributed by atoms with Crippen LogP contribution in [0.4, 0.5) is 0 Å². The highest BCUT2D eigenvalue weighted by Crippen LogP contribution is 1.90. The molecular formula is C41H84O22. The predicted octanol–water partition coefficient (Wildman–Crippen LogP) is -0.740. The van der Waals surface area contributed by atoms with E-state index in [0.717, 1.165) is 0 Å². The molecule has 0 saturated heterocycles. The number of hydrogen-bond donors (Lipinski definition) is 2. The molecule has 0 aromatic rings. The molecule has 380 valence electrons. The maximum Gasteiger partial charge on any atom is 0.146 e. The lowest BCUT2D eigenvalue weighted by molar-refractivity contribution is -0.0865. The summed E-state index contributed by atoms with van der Waals surface area (Å²) >= 11 is 0. The molecule has 0 aliphatic heterocycles. The summed E-state index contributed by atoms with van der Waals surface area (Å²) in [5, 5.41) is 17.2. The zero-order valence-electron chi connectivity index (χ0n) is 38.1. The minimum absolute atomic E-state index is 0.0186. The zero-order valence-corrected chi connectivity index (χ0v) is 38.1. The summed E-state index contributed by atoms with van der Waals surface area (Å²) < 4.78 is 108. The van der Waals surface area contributed by atoms with Crippen LogP contribution in [0.3, 0.4) is 0 Å². The highest BCUT2D eigenvalue weighted by atomic mass is 16.7. The van der Waals surface area contributed by atoms with E-state index in [4.69, 9.17) is 105 Å². The van der Waals surface area contributed by atoms with E-state index >= 15 is 0 Å². The summed E-state index contributed by atoms with van der Waals surface area (Å²) in [6.07, 6.45) is 0. The Morgan fingerprint density at radius 1 is 0.127 bits per heavy atom. The van der Waals surface area contributed by atoms with Gasteiger partial charge in [0.2, 0.25) is 0 Å². The third kappa shape index (κ3) is 61.1. The van der Waals surface area contributed by atoms with E-state index in [9.17, 15) is 0 Å². The number of hydrogen-bond acceptors (Lipinski definition) is 22. The van der Waals surface area contributed by atoms with Gasteiger partial charge in [0, 0.05) is 0 Å². The molecule has 0 radical (unpaired) electrons. The summed E-state index contributed by atoms with van der Waals surface area (Å²) in [4.78, 5) is 0. The average molecular weight is 929 g/mol. The topological polar surface area (TPSA) is 225 Å². The molecule has 0 unspecified atom stereocenters. The van der Waals surface area contributed by atoms with Gasteiger partial charge in [0.05, 0.1) is 264 Å².